The van der Waals surface area contributed by atoms with E-state index in [4.69, 9.17) is 4.74 Å². The summed E-state index contributed by atoms with van der Waals surface area (Å²) in [6.45, 7) is 5.22. The zero-order valence-corrected chi connectivity index (χ0v) is 15.5. The molecule has 4 heteroatoms. The summed E-state index contributed by atoms with van der Waals surface area (Å²) in [4.78, 5) is 14.0. The number of carbonyl (C=O) groups excluding carboxylic acids is 1. The predicted molar refractivity (Wildman–Crippen MR) is 95.5 cm³/mol. The van der Waals surface area contributed by atoms with Gasteiger partial charge in [-0.1, -0.05) is 30.7 Å². The van der Waals surface area contributed by atoms with Gasteiger partial charge < -0.3 is 9.64 Å². The van der Waals surface area contributed by atoms with Crippen molar-refractivity contribution in [1.29, 1.82) is 0 Å². The Morgan fingerprint density at radius 2 is 1.56 bits per heavy atom. The summed E-state index contributed by atoms with van der Waals surface area (Å²) in [6, 6.07) is 16.4. The Morgan fingerprint density at radius 1 is 0.960 bits per heavy atom. The Kier molecular flexibility index (Phi) is 7.17. The van der Waals surface area contributed by atoms with Crippen LogP contribution in [0.25, 0.3) is 0 Å². The van der Waals surface area contributed by atoms with Crippen LogP contribution in [0.2, 0.25) is 0 Å². The van der Waals surface area contributed by atoms with E-state index in [1.807, 2.05) is 13.8 Å². The molecule has 25 heavy (non-hydrogen) atoms. The van der Waals surface area contributed by atoms with E-state index in [-0.39, 0.29) is 25.0 Å². The Morgan fingerprint density at radius 3 is 2.16 bits per heavy atom. The largest absolute Gasteiger partial charge is 1.00 e. The van der Waals surface area contributed by atoms with Crippen molar-refractivity contribution in [3.63, 3.8) is 0 Å². The summed E-state index contributed by atoms with van der Waals surface area (Å²) in [5, 5.41) is 0. The Bertz CT molecular complexity index is 708. The molecule has 0 saturated heterocycles. The summed E-state index contributed by atoms with van der Waals surface area (Å²) in [5.74, 6) is 0.597. The molecule has 4 aliphatic rings. The van der Waals surface area contributed by atoms with Crippen LogP contribution in [-0.4, -0.2) is 24.1 Å². The van der Waals surface area contributed by atoms with Crippen LogP contribution < -0.4 is 23.6 Å². The first-order valence-corrected chi connectivity index (χ1v) is 8.78. The number of hydrogen-bond donors (Lipinski definition) is 0. The van der Waals surface area contributed by atoms with E-state index < -0.39 is 0 Å². The quantitative estimate of drug-likeness (QED) is 0.626. The van der Waals surface area contributed by atoms with E-state index in [0.717, 1.165) is 36.8 Å². The minimum absolute atomic E-state index is 0. The number of carbonyl (C=O) groups is 1. The second-order valence-electron chi connectivity index (χ2n) is 6.19. The van der Waals surface area contributed by atoms with Crippen molar-refractivity contribution in [3.8, 4) is 5.75 Å². The molecular formula is C21H24LiNO2. The van der Waals surface area contributed by atoms with E-state index in [9.17, 15) is 4.79 Å². The van der Waals surface area contributed by atoms with Crippen molar-refractivity contribution in [3.05, 3.63) is 64.7 Å². The van der Waals surface area contributed by atoms with Crippen molar-refractivity contribution < 1.29 is 28.4 Å². The van der Waals surface area contributed by atoms with Gasteiger partial charge in [0.1, 0.15) is 0 Å². The summed E-state index contributed by atoms with van der Waals surface area (Å²) in [6.07, 6.45) is 3.36. The Labute approximate surface area is 162 Å². The van der Waals surface area contributed by atoms with Crippen LogP contribution in [0.5, 0.6) is 5.75 Å². The third kappa shape index (κ3) is 4.90. The molecule has 0 atom stereocenters. The normalized spacial score (nSPS) is 12.7. The first-order valence-electron chi connectivity index (χ1n) is 8.78. The fraction of sp³-hybridized carbons (Fsp3) is 0.381. The molecule has 4 bridgehead atoms. The molecule has 0 radical (unpaired) electrons. The molecule has 0 spiro atoms. The monoisotopic (exact) mass is 329 g/mol. The van der Waals surface area contributed by atoms with Gasteiger partial charge in [0.25, 0.3) is 0 Å². The topological polar surface area (TPSA) is 29.5 Å². The molecule has 0 aliphatic heterocycles. The summed E-state index contributed by atoms with van der Waals surface area (Å²) in [7, 11) is 0. The Balaban J connectivity index is 0.00000225. The third-order valence-corrected chi connectivity index (χ3v) is 4.65. The van der Waals surface area contributed by atoms with Crippen LogP contribution >= 0.6 is 0 Å². The van der Waals surface area contributed by atoms with Gasteiger partial charge in [-0.25, -0.2) is 4.79 Å². The maximum atomic E-state index is 12.3. The number of ether oxygens (including phenoxy) is 1. The van der Waals surface area contributed by atoms with Crippen molar-refractivity contribution in [2.24, 2.45) is 0 Å². The molecule has 0 heterocycles. The smallest absolute Gasteiger partial charge is 0.437 e. The zero-order chi connectivity index (χ0) is 16.9. The van der Waals surface area contributed by atoms with E-state index >= 15 is 0 Å². The van der Waals surface area contributed by atoms with Gasteiger partial charge in [-0.2, -0.15) is 17.7 Å². The van der Waals surface area contributed by atoms with E-state index in [0.29, 0.717) is 18.8 Å². The number of hydrogen-bond acceptors (Lipinski definition) is 2. The van der Waals surface area contributed by atoms with Gasteiger partial charge in [0.2, 0.25) is 0 Å². The predicted octanol–water partition coefficient (Wildman–Crippen LogP) is 1.22. The average molecular weight is 329 g/mol. The first kappa shape index (κ1) is 19.6. The van der Waals surface area contributed by atoms with E-state index in [1.54, 1.807) is 4.90 Å². The zero-order valence-electron chi connectivity index (χ0n) is 15.5. The van der Waals surface area contributed by atoms with Crippen LogP contribution in [0.4, 0.5) is 4.79 Å². The molecule has 0 saturated carbocycles. The van der Waals surface area contributed by atoms with Gasteiger partial charge in [-0.05, 0) is 44.2 Å². The summed E-state index contributed by atoms with van der Waals surface area (Å²) < 4.78 is 5.68. The van der Waals surface area contributed by atoms with Crippen LogP contribution in [0.3, 0.4) is 0 Å². The first-order chi connectivity index (χ1) is 11.7. The number of aryl methyl sites for hydroxylation is 4. The fourth-order valence-corrected chi connectivity index (χ4v) is 3.04. The van der Waals surface area contributed by atoms with Crippen LogP contribution in [0.15, 0.2) is 36.4 Å². The van der Waals surface area contributed by atoms with Crippen molar-refractivity contribution in [2.75, 3.05) is 13.1 Å². The van der Waals surface area contributed by atoms with Crippen molar-refractivity contribution in [2.45, 2.75) is 39.5 Å². The summed E-state index contributed by atoms with van der Waals surface area (Å²) >= 11 is 0. The molecule has 1 amide bonds. The standard InChI is InChI=1S/C21H24NO2.Li/c1-3-22(4-2)21(23)24-20-15-18-10-9-16-5-7-17(8-6-16)11-13-19(20)14-12-18;/h5-8,12,14H,3-4,9-11,13H2,1-2H3;/q-1;+1. The molecule has 126 valence electrons. The number of nitrogens with zero attached hydrogens (tertiary/aromatic N) is 1. The van der Waals surface area contributed by atoms with E-state index in [1.165, 1.54) is 11.1 Å². The minimum atomic E-state index is -0.287. The SMILES string of the molecule is CCN(CC)C(=O)Oc1[c-]c2ccc1CCc1ccc(cc1)CC2.[Li+]. The molecule has 2 aromatic rings. The molecular weight excluding hydrogens is 305 g/mol. The second-order valence-corrected chi connectivity index (χ2v) is 6.19. The van der Waals surface area contributed by atoms with Gasteiger partial charge in [-0.15, -0.1) is 11.6 Å². The maximum Gasteiger partial charge on any atom is 1.00 e. The van der Waals surface area contributed by atoms with Crippen LogP contribution in [-0.2, 0) is 25.7 Å². The molecule has 0 aromatic heterocycles. The molecule has 0 unspecified atom stereocenters. The van der Waals surface area contributed by atoms with E-state index in [2.05, 4.69) is 42.5 Å². The number of benzene rings is 2. The fourth-order valence-electron chi connectivity index (χ4n) is 3.04. The molecule has 0 fully saturated rings. The van der Waals surface area contributed by atoms with Gasteiger partial charge in [0.15, 0.2) is 0 Å². The van der Waals surface area contributed by atoms with Crippen LogP contribution in [0, 0.1) is 6.07 Å². The van der Waals surface area contributed by atoms with Gasteiger partial charge in [-0.3, -0.25) is 0 Å². The maximum absolute atomic E-state index is 12.3. The third-order valence-electron chi connectivity index (χ3n) is 4.65. The molecule has 0 N–H and O–H groups in total. The number of amides is 1. The average Bonchev–Trinajstić information content (AvgIpc) is 2.59. The molecule has 6 rings (SSSR count). The Hall–Kier alpha value is -1.69. The van der Waals surface area contributed by atoms with Crippen molar-refractivity contribution in [1.82, 2.24) is 4.90 Å². The molecule has 2 aromatic carbocycles. The molecule has 4 aliphatic carbocycles. The van der Waals surface area contributed by atoms with Crippen molar-refractivity contribution >= 4 is 6.09 Å². The van der Waals surface area contributed by atoms with Crippen LogP contribution in [0.1, 0.15) is 36.1 Å². The second kappa shape index (κ2) is 9.13. The molecule has 3 nitrogen and oxygen atoms in total. The van der Waals surface area contributed by atoms with Gasteiger partial charge >= 0.3 is 25.0 Å². The summed E-state index contributed by atoms with van der Waals surface area (Å²) in [5.41, 5.74) is 4.78. The number of rotatable bonds is 3. The minimum Gasteiger partial charge on any atom is -0.437 e. The van der Waals surface area contributed by atoms with Gasteiger partial charge in [0.05, 0.1) is 0 Å². The van der Waals surface area contributed by atoms with Gasteiger partial charge in [0, 0.05) is 18.8 Å².